The van der Waals surface area contributed by atoms with Gasteiger partial charge < -0.3 is 20.4 Å². The number of rotatable bonds is 7. The lowest BCUT2D eigenvalue weighted by molar-refractivity contribution is -0.119. The van der Waals surface area contributed by atoms with Crippen LogP contribution in [0.1, 0.15) is 33.9 Å². The zero-order valence-electron chi connectivity index (χ0n) is 20.0. The van der Waals surface area contributed by atoms with Crippen LogP contribution in [0.3, 0.4) is 0 Å². The monoisotopic (exact) mass is 470 g/mol. The van der Waals surface area contributed by atoms with Gasteiger partial charge in [-0.05, 0) is 36.4 Å². The summed E-state index contributed by atoms with van der Waals surface area (Å²) in [6.45, 7) is 1.22. The Morgan fingerprint density at radius 1 is 1.03 bits per heavy atom. The molecule has 0 bridgehead atoms. The van der Waals surface area contributed by atoms with E-state index in [0.29, 0.717) is 30.0 Å². The van der Waals surface area contributed by atoms with Crippen LogP contribution in [0.25, 0.3) is 0 Å². The van der Waals surface area contributed by atoms with Crippen LogP contribution in [0.5, 0.6) is 0 Å². The molecule has 35 heavy (non-hydrogen) atoms. The van der Waals surface area contributed by atoms with E-state index in [9.17, 15) is 14.4 Å². The number of fused-ring (bicyclic) bond motifs is 1. The minimum atomic E-state index is -0.464. The van der Waals surface area contributed by atoms with Crippen molar-refractivity contribution < 1.29 is 14.4 Å². The number of nitrogens with one attached hydrogen (secondary N) is 2. The topological polar surface area (TPSA) is 81.8 Å². The molecule has 0 fully saturated rings. The number of carbonyl (C=O) groups is 3. The Labute approximate surface area is 205 Å². The maximum absolute atomic E-state index is 13.7. The molecule has 2 N–H and O–H groups in total. The molecule has 4 rings (SSSR count). The lowest BCUT2D eigenvalue weighted by Crippen LogP contribution is -2.36. The summed E-state index contributed by atoms with van der Waals surface area (Å²) in [5, 5.41) is 5.96. The Kier molecular flexibility index (Phi) is 7.57. The first-order valence-electron chi connectivity index (χ1n) is 11.7. The highest BCUT2D eigenvalue weighted by Crippen LogP contribution is 2.39. The smallest absolute Gasteiger partial charge is 0.253 e. The predicted octanol–water partition coefficient (Wildman–Crippen LogP) is 3.64. The molecule has 7 heteroatoms. The summed E-state index contributed by atoms with van der Waals surface area (Å²) < 4.78 is 0. The second-order valence-corrected chi connectivity index (χ2v) is 8.67. The van der Waals surface area contributed by atoms with Crippen molar-refractivity contribution >= 4 is 29.1 Å². The van der Waals surface area contributed by atoms with Gasteiger partial charge in [-0.2, -0.15) is 0 Å². The third-order valence-corrected chi connectivity index (χ3v) is 6.16. The van der Waals surface area contributed by atoms with Crippen LogP contribution in [0.2, 0.25) is 0 Å². The van der Waals surface area contributed by atoms with Crippen LogP contribution in [-0.4, -0.2) is 49.8 Å². The van der Waals surface area contributed by atoms with Crippen molar-refractivity contribution in [2.24, 2.45) is 0 Å². The van der Waals surface area contributed by atoms with E-state index in [4.69, 9.17) is 0 Å². The fourth-order valence-corrected chi connectivity index (χ4v) is 4.32. The standard InChI is InChI=1S/C28H30N4O3/c1-29-15-16-31(2)28(35)22-13-14-24-23(18-22)30-26(33)19-25(21-11-7-4-8-12-21)32(24)27(34)17-20-9-5-3-6-10-20/h3-14,18,25,29H,15-17,19H2,1-2H3,(H,30,33). The van der Waals surface area contributed by atoms with Gasteiger partial charge in [0.1, 0.15) is 0 Å². The highest BCUT2D eigenvalue weighted by Gasteiger charge is 2.34. The number of likely N-dealkylation sites (N-methyl/N-ethyl adjacent to an activating group) is 2. The second kappa shape index (κ2) is 11.0. The van der Waals surface area contributed by atoms with E-state index < -0.39 is 6.04 Å². The van der Waals surface area contributed by atoms with Gasteiger partial charge >= 0.3 is 0 Å². The van der Waals surface area contributed by atoms with Gasteiger partial charge in [0.15, 0.2) is 0 Å². The maximum atomic E-state index is 13.7. The molecule has 0 aliphatic carbocycles. The van der Waals surface area contributed by atoms with Crippen molar-refractivity contribution in [3.63, 3.8) is 0 Å². The first-order chi connectivity index (χ1) is 17.0. The molecule has 1 aliphatic rings. The molecule has 0 saturated carbocycles. The Hall–Kier alpha value is -3.97. The van der Waals surface area contributed by atoms with Crippen molar-refractivity contribution in [2.45, 2.75) is 18.9 Å². The number of hydrogen-bond donors (Lipinski definition) is 2. The Morgan fingerprint density at radius 2 is 1.71 bits per heavy atom. The molecule has 0 spiro atoms. The molecular weight excluding hydrogens is 440 g/mol. The molecule has 0 radical (unpaired) electrons. The normalized spacial score (nSPS) is 15.1. The number of hydrogen-bond acceptors (Lipinski definition) is 4. The molecule has 7 nitrogen and oxygen atoms in total. The van der Waals surface area contributed by atoms with Crippen LogP contribution >= 0.6 is 0 Å². The Bertz CT molecular complexity index is 1200. The molecule has 3 amide bonds. The number of nitrogens with zero attached hydrogens (tertiary/aromatic N) is 2. The SMILES string of the molecule is CNCCN(C)C(=O)c1ccc2c(c1)NC(=O)CC(c1ccccc1)N2C(=O)Cc1ccccc1. The zero-order valence-corrected chi connectivity index (χ0v) is 20.0. The maximum Gasteiger partial charge on any atom is 0.253 e. The van der Waals surface area contributed by atoms with Gasteiger partial charge in [0.25, 0.3) is 5.91 Å². The molecule has 1 aliphatic heterocycles. The molecule has 180 valence electrons. The highest BCUT2D eigenvalue weighted by molar-refractivity contribution is 6.07. The summed E-state index contributed by atoms with van der Waals surface area (Å²) in [5.74, 6) is -0.473. The van der Waals surface area contributed by atoms with Crippen LogP contribution in [0, 0.1) is 0 Å². The first kappa shape index (κ1) is 24.2. The zero-order chi connectivity index (χ0) is 24.8. The predicted molar refractivity (Wildman–Crippen MR) is 137 cm³/mol. The molecule has 3 aromatic carbocycles. The van der Waals surface area contributed by atoms with Gasteiger partial charge in [0.2, 0.25) is 11.8 Å². The van der Waals surface area contributed by atoms with Gasteiger partial charge in [-0.25, -0.2) is 0 Å². The number of anilines is 2. The van der Waals surface area contributed by atoms with E-state index >= 15 is 0 Å². The summed E-state index contributed by atoms with van der Waals surface area (Å²) in [5.41, 5.74) is 3.27. The average Bonchev–Trinajstić information content (AvgIpc) is 3.03. The second-order valence-electron chi connectivity index (χ2n) is 8.67. The first-order valence-corrected chi connectivity index (χ1v) is 11.7. The van der Waals surface area contributed by atoms with Crippen LogP contribution in [-0.2, 0) is 16.0 Å². The van der Waals surface area contributed by atoms with E-state index in [1.54, 1.807) is 35.0 Å². The van der Waals surface area contributed by atoms with Crippen LogP contribution in [0.15, 0.2) is 78.9 Å². The third-order valence-electron chi connectivity index (χ3n) is 6.16. The van der Waals surface area contributed by atoms with Crippen molar-refractivity contribution in [1.82, 2.24) is 10.2 Å². The Balaban J connectivity index is 1.75. The van der Waals surface area contributed by atoms with Gasteiger partial charge in [0.05, 0.1) is 30.3 Å². The van der Waals surface area contributed by atoms with Crippen LogP contribution < -0.4 is 15.5 Å². The summed E-state index contributed by atoms with van der Waals surface area (Å²) in [6, 6.07) is 23.8. The van der Waals surface area contributed by atoms with Crippen LogP contribution in [0.4, 0.5) is 11.4 Å². The summed E-state index contributed by atoms with van der Waals surface area (Å²) in [6.07, 6.45) is 0.315. The number of carbonyl (C=O) groups excluding carboxylic acids is 3. The van der Waals surface area contributed by atoms with Crippen molar-refractivity contribution in [3.8, 4) is 0 Å². The van der Waals surface area contributed by atoms with E-state index in [0.717, 1.165) is 11.1 Å². The molecule has 0 aromatic heterocycles. The molecular formula is C28H30N4O3. The van der Waals surface area contributed by atoms with E-state index in [2.05, 4.69) is 10.6 Å². The molecule has 1 heterocycles. The molecule has 3 aromatic rings. The summed E-state index contributed by atoms with van der Waals surface area (Å²) >= 11 is 0. The van der Waals surface area contributed by atoms with Gasteiger partial charge in [-0.1, -0.05) is 60.7 Å². The van der Waals surface area contributed by atoms with Gasteiger partial charge in [-0.3, -0.25) is 14.4 Å². The van der Waals surface area contributed by atoms with Crippen molar-refractivity contribution in [1.29, 1.82) is 0 Å². The van der Waals surface area contributed by atoms with E-state index in [1.165, 1.54) is 0 Å². The van der Waals surface area contributed by atoms with Gasteiger partial charge in [0, 0.05) is 25.7 Å². The van der Waals surface area contributed by atoms with Gasteiger partial charge in [-0.15, -0.1) is 0 Å². The molecule has 1 atom stereocenters. The molecule has 0 saturated heterocycles. The summed E-state index contributed by atoms with van der Waals surface area (Å²) in [7, 11) is 3.57. The minimum absolute atomic E-state index is 0.116. The van der Waals surface area contributed by atoms with Crippen molar-refractivity contribution in [3.05, 3.63) is 95.6 Å². The summed E-state index contributed by atoms with van der Waals surface area (Å²) in [4.78, 5) is 43.0. The molecule has 1 unspecified atom stereocenters. The fourth-order valence-electron chi connectivity index (χ4n) is 4.32. The van der Waals surface area contributed by atoms with E-state index in [-0.39, 0.29) is 30.6 Å². The minimum Gasteiger partial charge on any atom is -0.340 e. The quantitative estimate of drug-likeness (QED) is 0.553. The highest BCUT2D eigenvalue weighted by atomic mass is 16.2. The average molecular weight is 471 g/mol. The fraction of sp³-hybridized carbons (Fsp3) is 0.250. The largest absolute Gasteiger partial charge is 0.340 e. The lowest BCUT2D eigenvalue weighted by Gasteiger charge is -2.31. The van der Waals surface area contributed by atoms with E-state index in [1.807, 2.05) is 67.7 Å². The lowest BCUT2D eigenvalue weighted by atomic mass is 10.00. The van der Waals surface area contributed by atoms with Crippen molar-refractivity contribution in [2.75, 3.05) is 37.4 Å². The third kappa shape index (κ3) is 5.58. The Morgan fingerprint density at radius 3 is 2.40 bits per heavy atom. The number of benzene rings is 3. The number of amides is 3.